The summed E-state index contributed by atoms with van der Waals surface area (Å²) in [6.07, 6.45) is 3.43. The molecule has 0 aromatic heterocycles. The molecule has 2 aliphatic rings. The number of hydrogen-bond donors (Lipinski definition) is 2. The highest BCUT2D eigenvalue weighted by Crippen LogP contribution is 2.35. The lowest BCUT2D eigenvalue weighted by molar-refractivity contribution is -0.131. The number of carbonyl (C=O) groups excluding carboxylic acids is 3. The Bertz CT molecular complexity index is 937. The van der Waals surface area contributed by atoms with Gasteiger partial charge in [-0.2, -0.15) is 0 Å². The number of hydrogen-bond acceptors (Lipinski definition) is 6. The highest BCUT2D eigenvalue weighted by Gasteiger charge is 2.51. The van der Waals surface area contributed by atoms with Gasteiger partial charge < -0.3 is 10.1 Å². The standard InChI is InChI=1S/C19H25N3O6S/c1-13-12-14(16(23)28-2)6-7-15(13)29(26,27)20-10-5-11-22-17(24)19(21-18(22)25)8-3-4-9-19/h6-7,12,20H,3-5,8-11H2,1-2H3,(H,21,25). The third-order valence-electron chi connectivity index (χ3n) is 5.44. The first-order chi connectivity index (χ1) is 13.7. The van der Waals surface area contributed by atoms with Crippen molar-refractivity contribution in [2.24, 2.45) is 0 Å². The van der Waals surface area contributed by atoms with Gasteiger partial charge >= 0.3 is 12.0 Å². The van der Waals surface area contributed by atoms with Gasteiger partial charge in [0.2, 0.25) is 10.0 Å². The monoisotopic (exact) mass is 423 g/mol. The summed E-state index contributed by atoms with van der Waals surface area (Å²) < 4.78 is 32.2. The minimum atomic E-state index is -3.79. The predicted octanol–water partition coefficient (Wildman–Crippen LogP) is 1.31. The van der Waals surface area contributed by atoms with Gasteiger partial charge in [0, 0.05) is 13.1 Å². The van der Waals surface area contributed by atoms with Crippen LogP contribution in [-0.4, -0.2) is 57.0 Å². The van der Waals surface area contributed by atoms with Crippen molar-refractivity contribution in [2.75, 3.05) is 20.2 Å². The molecule has 9 nitrogen and oxygen atoms in total. The summed E-state index contributed by atoms with van der Waals surface area (Å²) in [5.74, 6) is -0.754. The molecule has 1 saturated heterocycles. The first kappa shape index (κ1) is 21.3. The van der Waals surface area contributed by atoms with Crippen LogP contribution in [0, 0.1) is 6.92 Å². The number of aryl methyl sites for hydroxylation is 1. The van der Waals surface area contributed by atoms with Crippen molar-refractivity contribution >= 4 is 27.9 Å². The molecule has 0 radical (unpaired) electrons. The molecule has 0 unspecified atom stereocenters. The van der Waals surface area contributed by atoms with Gasteiger partial charge in [0.15, 0.2) is 0 Å². The lowest BCUT2D eigenvalue weighted by atomic mass is 9.98. The van der Waals surface area contributed by atoms with Crippen LogP contribution < -0.4 is 10.0 Å². The van der Waals surface area contributed by atoms with E-state index in [0.29, 0.717) is 24.8 Å². The Morgan fingerprint density at radius 3 is 2.59 bits per heavy atom. The maximum Gasteiger partial charge on any atom is 0.337 e. The molecule has 1 aliphatic carbocycles. The van der Waals surface area contributed by atoms with Gasteiger partial charge in [-0.15, -0.1) is 0 Å². The van der Waals surface area contributed by atoms with Gasteiger partial charge in [0.05, 0.1) is 17.6 Å². The minimum Gasteiger partial charge on any atom is -0.465 e. The fraction of sp³-hybridized carbons (Fsp3) is 0.526. The number of esters is 1. The summed E-state index contributed by atoms with van der Waals surface area (Å²) in [5, 5.41) is 2.80. The molecule has 1 spiro atoms. The summed E-state index contributed by atoms with van der Waals surface area (Å²) in [6, 6.07) is 3.79. The lowest BCUT2D eigenvalue weighted by Gasteiger charge is -2.20. The molecule has 1 aromatic rings. The van der Waals surface area contributed by atoms with Gasteiger partial charge in [0.1, 0.15) is 5.54 Å². The van der Waals surface area contributed by atoms with E-state index in [0.717, 1.165) is 12.8 Å². The summed E-state index contributed by atoms with van der Waals surface area (Å²) in [5.41, 5.74) is -0.0734. The van der Waals surface area contributed by atoms with Gasteiger partial charge in [-0.3, -0.25) is 9.69 Å². The van der Waals surface area contributed by atoms with Gasteiger partial charge in [-0.25, -0.2) is 22.7 Å². The molecule has 158 valence electrons. The van der Waals surface area contributed by atoms with Crippen molar-refractivity contribution in [3.05, 3.63) is 29.3 Å². The molecule has 2 fully saturated rings. The Hall–Kier alpha value is -2.46. The van der Waals surface area contributed by atoms with E-state index >= 15 is 0 Å². The maximum absolute atomic E-state index is 12.6. The number of rotatable bonds is 7. The van der Waals surface area contributed by atoms with Crippen LogP contribution >= 0.6 is 0 Å². The van der Waals surface area contributed by atoms with Gasteiger partial charge in [-0.1, -0.05) is 12.8 Å². The molecule has 0 bridgehead atoms. The number of ether oxygens (including phenoxy) is 1. The van der Waals surface area contributed by atoms with Gasteiger partial charge in [-0.05, 0) is 49.9 Å². The van der Waals surface area contributed by atoms with E-state index in [-0.39, 0.29) is 29.5 Å². The lowest BCUT2D eigenvalue weighted by Crippen LogP contribution is -2.44. The van der Waals surface area contributed by atoms with Crippen LogP contribution in [0.4, 0.5) is 4.79 Å². The molecule has 3 rings (SSSR count). The summed E-state index contributed by atoms with van der Waals surface area (Å²) in [4.78, 5) is 37.5. The predicted molar refractivity (Wildman–Crippen MR) is 104 cm³/mol. The molecule has 10 heteroatoms. The summed E-state index contributed by atoms with van der Waals surface area (Å²) in [7, 11) is -2.54. The topological polar surface area (TPSA) is 122 Å². The molecule has 1 aromatic carbocycles. The average molecular weight is 423 g/mol. The quantitative estimate of drug-likeness (QED) is 0.387. The molecule has 0 atom stereocenters. The molecule has 1 aliphatic heterocycles. The maximum atomic E-state index is 12.6. The van der Waals surface area contributed by atoms with Crippen molar-refractivity contribution in [1.29, 1.82) is 0 Å². The number of imide groups is 1. The van der Waals surface area contributed by atoms with Crippen LogP contribution in [0.15, 0.2) is 23.1 Å². The Labute approximate surface area is 169 Å². The first-order valence-electron chi connectivity index (χ1n) is 9.53. The fourth-order valence-corrected chi connectivity index (χ4v) is 5.21. The molecular formula is C19H25N3O6S. The molecule has 3 amide bonds. The molecular weight excluding hydrogens is 398 g/mol. The third kappa shape index (κ3) is 4.13. The number of nitrogens with zero attached hydrogens (tertiary/aromatic N) is 1. The third-order valence-corrected chi connectivity index (χ3v) is 7.06. The zero-order chi connectivity index (χ0) is 21.2. The van der Waals surface area contributed by atoms with Crippen LogP contribution in [0.5, 0.6) is 0 Å². The largest absolute Gasteiger partial charge is 0.465 e. The Balaban J connectivity index is 1.57. The van der Waals surface area contributed by atoms with E-state index in [2.05, 4.69) is 14.8 Å². The van der Waals surface area contributed by atoms with E-state index in [1.807, 2.05) is 0 Å². The van der Waals surface area contributed by atoms with E-state index in [1.54, 1.807) is 6.92 Å². The smallest absolute Gasteiger partial charge is 0.337 e. The number of nitrogens with one attached hydrogen (secondary N) is 2. The van der Waals surface area contributed by atoms with Crippen LogP contribution in [0.3, 0.4) is 0 Å². The molecule has 1 saturated carbocycles. The fourth-order valence-electron chi connectivity index (χ4n) is 3.91. The minimum absolute atomic E-state index is 0.0602. The summed E-state index contributed by atoms with van der Waals surface area (Å²) >= 11 is 0. The highest BCUT2D eigenvalue weighted by molar-refractivity contribution is 7.89. The normalized spacial score (nSPS) is 18.3. The molecule has 2 N–H and O–H groups in total. The van der Waals surface area contributed by atoms with E-state index < -0.39 is 27.6 Å². The van der Waals surface area contributed by atoms with E-state index in [4.69, 9.17) is 0 Å². The van der Waals surface area contributed by atoms with Crippen molar-refractivity contribution < 1.29 is 27.5 Å². The summed E-state index contributed by atoms with van der Waals surface area (Å²) in [6.45, 7) is 1.81. The van der Waals surface area contributed by atoms with Crippen molar-refractivity contribution in [3.8, 4) is 0 Å². The second-order valence-corrected chi connectivity index (χ2v) is 9.13. The first-order valence-corrected chi connectivity index (χ1v) is 11.0. The Morgan fingerprint density at radius 1 is 1.28 bits per heavy atom. The zero-order valence-corrected chi connectivity index (χ0v) is 17.3. The van der Waals surface area contributed by atoms with Crippen LogP contribution in [-0.2, 0) is 19.6 Å². The SMILES string of the molecule is COC(=O)c1ccc(S(=O)(=O)NCCCN2C(=O)NC3(CCCC3)C2=O)c(C)c1. The van der Waals surface area contributed by atoms with Crippen molar-refractivity contribution in [3.63, 3.8) is 0 Å². The second kappa shape index (κ2) is 8.11. The number of benzene rings is 1. The Morgan fingerprint density at radius 2 is 1.97 bits per heavy atom. The molecule has 29 heavy (non-hydrogen) atoms. The number of carbonyl (C=O) groups is 3. The Kier molecular flexibility index (Phi) is 5.95. The number of methoxy groups -OCH3 is 1. The number of sulfonamides is 1. The average Bonchev–Trinajstić information content (AvgIpc) is 3.24. The second-order valence-electron chi connectivity index (χ2n) is 7.40. The number of urea groups is 1. The molecule has 1 heterocycles. The van der Waals surface area contributed by atoms with Crippen LogP contribution in [0.1, 0.15) is 48.0 Å². The zero-order valence-electron chi connectivity index (χ0n) is 16.5. The van der Waals surface area contributed by atoms with E-state index in [1.165, 1.54) is 30.2 Å². The van der Waals surface area contributed by atoms with Gasteiger partial charge in [0.25, 0.3) is 5.91 Å². The van der Waals surface area contributed by atoms with Crippen LogP contribution in [0.25, 0.3) is 0 Å². The number of amides is 3. The van der Waals surface area contributed by atoms with E-state index in [9.17, 15) is 22.8 Å². The van der Waals surface area contributed by atoms with Crippen molar-refractivity contribution in [2.45, 2.75) is 49.5 Å². The van der Waals surface area contributed by atoms with Crippen LogP contribution in [0.2, 0.25) is 0 Å². The van der Waals surface area contributed by atoms with Crippen molar-refractivity contribution in [1.82, 2.24) is 14.9 Å². The highest BCUT2D eigenvalue weighted by atomic mass is 32.2.